The number of furan rings is 1. The van der Waals surface area contributed by atoms with Crippen LogP contribution in [0.4, 0.5) is 0 Å². The van der Waals surface area contributed by atoms with Gasteiger partial charge in [-0.15, -0.1) is 0 Å². The van der Waals surface area contributed by atoms with Crippen LogP contribution in [0.5, 0.6) is 0 Å². The Morgan fingerprint density at radius 2 is 1.83 bits per heavy atom. The smallest absolute Gasteiger partial charge is 0.191 e. The molecule has 1 atom stereocenters. The average molecular weight is 404 g/mol. The topological polar surface area (TPSA) is 54.8 Å². The van der Waals surface area contributed by atoms with Gasteiger partial charge in [0.05, 0.1) is 5.54 Å². The summed E-state index contributed by atoms with van der Waals surface area (Å²) in [6.45, 7) is 2.99. The number of nitrogens with two attached hydrogens (primary N) is 1. The van der Waals surface area contributed by atoms with Gasteiger partial charge in [0.2, 0.25) is 0 Å². The molecular weight excluding hydrogens is 382 g/mol. The SMILES string of the molecule is CN1CCC(C)(c2ccc(Cl)c(-c3cccc4c3oc3ccccc34)c2)N=C1N. The number of rotatable bonds is 2. The molecule has 0 amide bonds. The third-order valence-electron chi connectivity index (χ3n) is 5.97. The number of para-hydroxylation sites is 2. The van der Waals surface area contributed by atoms with Crippen molar-refractivity contribution in [3.63, 3.8) is 0 Å². The molecule has 0 fully saturated rings. The normalized spacial score (nSPS) is 19.7. The largest absolute Gasteiger partial charge is 0.455 e. The summed E-state index contributed by atoms with van der Waals surface area (Å²) in [5.41, 5.74) is 10.5. The molecule has 2 heterocycles. The highest BCUT2D eigenvalue weighted by Gasteiger charge is 2.31. The van der Waals surface area contributed by atoms with Crippen LogP contribution in [0.15, 0.2) is 70.1 Å². The van der Waals surface area contributed by atoms with E-state index in [0.717, 1.165) is 51.6 Å². The molecule has 5 heteroatoms. The van der Waals surface area contributed by atoms with Crippen molar-refractivity contribution >= 4 is 39.5 Å². The summed E-state index contributed by atoms with van der Waals surface area (Å²) < 4.78 is 6.22. The number of hydrogen-bond donors (Lipinski definition) is 1. The first-order chi connectivity index (χ1) is 14.0. The average Bonchev–Trinajstić information content (AvgIpc) is 3.10. The van der Waals surface area contributed by atoms with Gasteiger partial charge < -0.3 is 15.1 Å². The number of guanidine groups is 1. The highest BCUT2D eigenvalue weighted by molar-refractivity contribution is 6.33. The maximum Gasteiger partial charge on any atom is 0.191 e. The summed E-state index contributed by atoms with van der Waals surface area (Å²) in [5, 5.41) is 2.89. The van der Waals surface area contributed by atoms with Crippen molar-refractivity contribution in [3.05, 3.63) is 71.2 Å². The van der Waals surface area contributed by atoms with Crippen molar-refractivity contribution in [3.8, 4) is 11.1 Å². The van der Waals surface area contributed by atoms with Gasteiger partial charge in [0, 0.05) is 40.5 Å². The fraction of sp³-hybridized carbons (Fsp3) is 0.208. The zero-order valence-corrected chi connectivity index (χ0v) is 17.2. The Balaban J connectivity index is 1.71. The molecule has 0 saturated carbocycles. The van der Waals surface area contributed by atoms with E-state index in [1.807, 2.05) is 42.3 Å². The zero-order chi connectivity index (χ0) is 20.2. The Labute approximate surface area is 174 Å². The van der Waals surface area contributed by atoms with Crippen LogP contribution >= 0.6 is 11.6 Å². The predicted molar refractivity (Wildman–Crippen MR) is 120 cm³/mol. The van der Waals surface area contributed by atoms with Gasteiger partial charge in [-0.2, -0.15) is 0 Å². The fourth-order valence-electron chi connectivity index (χ4n) is 4.13. The van der Waals surface area contributed by atoms with Gasteiger partial charge in [-0.1, -0.05) is 54.1 Å². The second-order valence-electron chi connectivity index (χ2n) is 7.89. The summed E-state index contributed by atoms with van der Waals surface area (Å²) in [4.78, 5) is 6.76. The standard InChI is InChI=1S/C24H22ClN3O/c1-24(12-13-28(2)23(26)27-24)15-10-11-20(25)19(14-15)18-8-5-7-17-16-6-3-4-9-21(16)29-22(17)18/h3-11,14H,12-13H2,1-2H3,(H2,26,27). The van der Waals surface area contributed by atoms with Gasteiger partial charge in [0.1, 0.15) is 11.2 Å². The van der Waals surface area contributed by atoms with E-state index >= 15 is 0 Å². The molecule has 4 nitrogen and oxygen atoms in total. The molecule has 29 heavy (non-hydrogen) atoms. The van der Waals surface area contributed by atoms with Crippen LogP contribution < -0.4 is 5.73 Å². The van der Waals surface area contributed by atoms with Crippen LogP contribution in [0.25, 0.3) is 33.1 Å². The molecule has 0 spiro atoms. The van der Waals surface area contributed by atoms with E-state index in [4.69, 9.17) is 26.7 Å². The van der Waals surface area contributed by atoms with E-state index in [2.05, 4.69) is 37.3 Å². The second kappa shape index (κ2) is 6.53. The van der Waals surface area contributed by atoms with Crippen LogP contribution in [-0.2, 0) is 5.54 Å². The number of nitrogens with zero attached hydrogens (tertiary/aromatic N) is 2. The van der Waals surface area contributed by atoms with Gasteiger partial charge in [0.25, 0.3) is 0 Å². The number of benzene rings is 3. The van der Waals surface area contributed by atoms with Gasteiger partial charge in [0.15, 0.2) is 5.96 Å². The van der Waals surface area contributed by atoms with Crippen LogP contribution in [-0.4, -0.2) is 24.5 Å². The van der Waals surface area contributed by atoms with Crippen molar-refractivity contribution < 1.29 is 4.42 Å². The van der Waals surface area contributed by atoms with E-state index in [0.29, 0.717) is 11.0 Å². The van der Waals surface area contributed by atoms with Crippen molar-refractivity contribution in [1.29, 1.82) is 0 Å². The van der Waals surface area contributed by atoms with E-state index in [1.54, 1.807) is 0 Å². The monoisotopic (exact) mass is 403 g/mol. The Bertz CT molecular complexity index is 1280. The maximum atomic E-state index is 6.66. The summed E-state index contributed by atoms with van der Waals surface area (Å²) in [7, 11) is 1.97. The lowest BCUT2D eigenvalue weighted by atomic mass is 9.86. The van der Waals surface area contributed by atoms with E-state index < -0.39 is 0 Å². The molecular formula is C24H22ClN3O. The molecule has 2 N–H and O–H groups in total. The Morgan fingerprint density at radius 1 is 1.03 bits per heavy atom. The molecule has 0 bridgehead atoms. The lowest BCUT2D eigenvalue weighted by Gasteiger charge is -2.35. The zero-order valence-electron chi connectivity index (χ0n) is 16.4. The Morgan fingerprint density at radius 3 is 2.66 bits per heavy atom. The summed E-state index contributed by atoms with van der Waals surface area (Å²) >= 11 is 6.66. The van der Waals surface area contributed by atoms with Crippen LogP contribution in [0, 0.1) is 0 Å². The molecule has 0 radical (unpaired) electrons. The summed E-state index contributed by atoms with van der Waals surface area (Å²) in [5.74, 6) is 0.564. The highest BCUT2D eigenvalue weighted by Crippen LogP contribution is 2.41. The minimum Gasteiger partial charge on any atom is -0.455 e. The second-order valence-corrected chi connectivity index (χ2v) is 8.30. The number of fused-ring (bicyclic) bond motifs is 3. The first-order valence-electron chi connectivity index (χ1n) is 9.73. The number of hydrogen-bond acceptors (Lipinski definition) is 4. The van der Waals surface area contributed by atoms with Crippen molar-refractivity contribution in [1.82, 2.24) is 4.90 Å². The number of halogens is 1. The van der Waals surface area contributed by atoms with Crippen LogP contribution in [0.1, 0.15) is 18.9 Å². The van der Waals surface area contributed by atoms with Gasteiger partial charge in [-0.05, 0) is 37.1 Å². The van der Waals surface area contributed by atoms with Crippen molar-refractivity contribution in [2.45, 2.75) is 18.9 Å². The summed E-state index contributed by atoms with van der Waals surface area (Å²) in [6, 6.07) is 20.4. The fourth-order valence-corrected chi connectivity index (χ4v) is 4.35. The van der Waals surface area contributed by atoms with Crippen LogP contribution in [0.2, 0.25) is 5.02 Å². The molecule has 146 valence electrons. The summed E-state index contributed by atoms with van der Waals surface area (Å²) in [6.07, 6.45) is 0.889. The third-order valence-corrected chi connectivity index (χ3v) is 6.30. The van der Waals surface area contributed by atoms with E-state index in [1.165, 1.54) is 0 Å². The molecule has 4 aromatic rings. The van der Waals surface area contributed by atoms with Crippen molar-refractivity contribution in [2.24, 2.45) is 10.7 Å². The third kappa shape index (κ3) is 2.87. The van der Waals surface area contributed by atoms with Gasteiger partial charge in [-0.25, -0.2) is 4.99 Å². The Kier molecular flexibility index (Phi) is 4.07. The lowest BCUT2D eigenvalue weighted by molar-refractivity contribution is 0.339. The minimum absolute atomic E-state index is 0.377. The maximum absolute atomic E-state index is 6.66. The molecule has 1 aliphatic rings. The molecule has 0 saturated heterocycles. The van der Waals surface area contributed by atoms with E-state index in [-0.39, 0.29) is 5.54 Å². The molecule has 0 aliphatic carbocycles. The number of aliphatic imine (C=N–C) groups is 1. The Hall–Kier alpha value is -2.98. The minimum atomic E-state index is -0.377. The molecule has 3 aromatic carbocycles. The first-order valence-corrected chi connectivity index (χ1v) is 10.1. The van der Waals surface area contributed by atoms with Crippen LogP contribution in [0.3, 0.4) is 0 Å². The molecule has 1 aliphatic heterocycles. The quantitative estimate of drug-likeness (QED) is 0.462. The lowest BCUT2D eigenvalue weighted by Crippen LogP contribution is -2.43. The van der Waals surface area contributed by atoms with Gasteiger partial charge >= 0.3 is 0 Å². The molecule has 1 aromatic heterocycles. The predicted octanol–water partition coefficient (Wildman–Crippen LogP) is 5.77. The molecule has 1 unspecified atom stereocenters. The van der Waals surface area contributed by atoms with E-state index in [9.17, 15) is 0 Å². The van der Waals surface area contributed by atoms with Gasteiger partial charge in [-0.3, -0.25) is 0 Å². The highest BCUT2D eigenvalue weighted by atomic mass is 35.5. The molecule has 5 rings (SSSR count). The first kappa shape index (κ1) is 18.1. The van der Waals surface area contributed by atoms with Crippen molar-refractivity contribution in [2.75, 3.05) is 13.6 Å².